The van der Waals surface area contributed by atoms with Gasteiger partial charge >= 0.3 is 0 Å². The first-order valence-corrected chi connectivity index (χ1v) is 7.41. The standard InChI is InChI=1S/C14H20FNOS/c1-10(16-2)12-6-3-7-13(15)14(12)18-9-11-5-4-8-17-11/h3,6-7,10-11,16H,4-5,8-9H2,1-2H3. The molecule has 1 saturated heterocycles. The maximum Gasteiger partial charge on any atom is 0.137 e. The number of ether oxygens (including phenoxy) is 1. The second-order valence-corrected chi connectivity index (χ2v) is 5.64. The molecule has 0 amide bonds. The number of benzene rings is 1. The van der Waals surface area contributed by atoms with Crippen molar-refractivity contribution in [1.82, 2.24) is 5.32 Å². The number of hydrogen-bond acceptors (Lipinski definition) is 3. The largest absolute Gasteiger partial charge is 0.377 e. The van der Waals surface area contributed by atoms with Gasteiger partial charge in [-0.15, -0.1) is 11.8 Å². The normalized spacial score (nSPS) is 21.2. The van der Waals surface area contributed by atoms with Crippen molar-refractivity contribution >= 4 is 11.8 Å². The summed E-state index contributed by atoms with van der Waals surface area (Å²) in [6, 6.07) is 5.45. The molecular formula is C14H20FNOS. The van der Waals surface area contributed by atoms with Crippen LogP contribution in [0, 0.1) is 5.82 Å². The van der Waals surface area contributed by atoms with Crippen LogP contribution in [-0.2, 0) is 4.74 Å². The number of nitrogens with one attached hydrogen (secondary N) is 1. The highest BCUT2D eigenvalue weighted by molar-refractivity contribution is 7.99. The summed E-state index contributed by atoms with van der Waals surface area (Å²) in [6.07, 6.45) is 2.51. The minimum Gasteiger partial charge on any atom is -0.377 e. The van der Waals surface area contributed by atoms with Crippen LogP contribution in [0.3, 0.4) is 0 Å². The molecule has 0 radical (unpaired) electrons. The lowest BCUT2D eigenvalue weighted by Gasteiger charge is -2.17. The van der Waals surface area contributed by atoms with E-state index in [1.807, 2.05) is 20.0 Å². The van der Waals surface area contributed by atoms with Gasteiger partial charge in [-0.05, 0) is 38.4 Å². The molecule has 1 fully saturated rings. The molecule has 100 valence electrons. The van der Waals surface area contributed by atoms with Crippen molar-refractivity contribution in [3.8, 4) is 0 Å². The van der Waals surface area contributed by atoms with Gasteiger partial charge in [0.25, 0.3) is 0 Å². The first-order chi connectivity index (χ1) is 8.72. The van der Waals surface area contributed by atoms with Crippen molar-refractivity contribution in [1.29, 1.82) is 0 Å². The molecule has 2 unspecified atom stereocenters. The molecule has 0 aliphatic carbocycles. The van der Waals surface area contributed by atoms with Crippen molar-refractivity contribution in [2.24, 2.45) is 0 Å². The monoisotopic (exact) mass is 269 g/mol. The highest BCUT2D eigenvalue weighted by atomic mass is 32.2. The second kappa shape index (κ2) is 6.55. The first kappa shape index (κ1) is 13.8. The summed E-state index contributed by atoms with van der Waals surface area (Å²) in [5.74, 6) is 0.710. The first-order valence-electron chi connectivity index (χ1n) is 6.42. The maximum atomic E-state index is 13.9. The van der Waals surface area contributed by atoms with E-state index in [0.29, 0.717) is 0 Å². The number of hydrogen-bond donors (Lipinski definition) is 1. The van der Waals surface area contributed by atoms with E-state index in [0.717, 1.165) is 35.7 Å². The molecule has 1 aliphatic heterocycles. The molecule has 1 aromatic rings. The zero-order valence-electron chi connectivity index (χ0n) is 10.9. The summed E-state index contributed by atoms with van der Waals surface area (Å²) in [5.41, 5.74) is 1.03. The van der Waals surface area contributed by atoms with Gasteiger partial charge in [0.2, 0.25) is 0 Å². The van der Waals surface area contributed by atoms with Gasteiger partial charge in [0.15, 0.2) is 0 Å². The SMILES string of the molecule is CNC(C)c1cccc(F)c1SCC1CCCO1. The molecular weight excluding hydrogens is 249 g/mol. The van der Waals surface area contributed by atoms with Crippen LogP contribution in [0.15, 0.2) is 23.1 Å². The molecule has 1 N–H and O–H groups in total. The molecule has 0 saturated carbocycles. The zero-order valence-corrected chi connectivity index (χ0v) is 11.7. The predicted molar refractivity (Wildman–Crippen MR) is 73.6 cm³/mol. The smallest absolute Gasteiger partial charge is 0.137 e. The Balaban J connectivity index is 2.09. The molecule has 2 atom stereocenters. The molecule has 2 nitrogen and oxygen atoms in total. The summed E-state index contributed by atoms with van der Waals surface area (Å²) in [6.45, 7) is 2.90. The fraction of sp³-hybridized carbons (Fsp3) is 0.571. The molecule has 18 heavy (non-hydrogen) atoms. The number of halogens is 1. The summed E-state index contributed by atoms with van der Waals surface area (Å²) >= 11 is 1.57. The van der Waals surface area contributed by atoms with Crippen molar-refractivity contribution in [3.05, 3.63) is 29.6 Å². The molecule has 0 aromatic heterocycles. The van der Waals surface area contributed by atoms with Crippen LogP contribution in [0.5, 0.6) is 0 Å². The Bertz CT molecular complexity index is 393. The lowest BCUT2D eigenvalue weighted by Crippen LogP contribution is -2.14. The Morgan fingerprint density at radius 3 is 3.06 bits per heavy atom. The van der Waals surface area contributed by atoms with E-state index in [1.54, 1.807) is 17.8 Å². The number of thioether (sulfide) groups is 1. The van der Waals surface area contributed by atoms with Crippen molar-refractivity contribution in [3.63, 3.8) is 0 Å². The van der Waals surface area contributed by atoms with E-state index in [-0.39, 0.29) is 18.0 Å². The van der Waals surface area contributed by atoms with Crippen molar-refractivity contribution in [2.75, 3.05) is 19.4 Å². The minimum atomic E-state index is -0.127. The van der Waals surface area contributed by atoms with Gasteiger partial charge in [-0.3, -0.25) is 0 Å². The molecule has 0 bridgehead atoms. The molecule has 1 aliphatic rings. The fourth-order valence-electron chi connectivity index (χ4n) is 2.13. The minimum absolute atomic E-state index is 0.127. The van der Waals surface area contributed by atoms with Gasteiger partial charge in [0.1, 0.15) is 5.82 Å². The Hall–Kier alpha value is -0.580. The number of rotatable bonds is 5. The fourth-order valence-corrected chi connectivity index (χ4v) is 3.36. The van der Waals surface area contributed by atoms with Crippen molar-refractivity contribution < 1.29 is 9.13 Å². The average Bonchev–Trinajstić information content (AvgIpc) is 2.89. The van der Waals surface area contributed by atoms with Crippen LogP contribution in [0.2, 0.25) is 0 Å². The van der Waals surface area contributed by atoms with Crippen LogP contribution < -0.4 is 5.32 Å². The molecule has 4 heteroatoms. The van der Waals surface area contributed by atoms with Crippen LogP contribution in [-0.4, -0.2) is 25.5 Å². The quantitative estimate of drug-likeness (QED) is 0.828. The molecule has 0 spiro atoms. The van der Waals surface area contributed by atoms with E-state index in [1.165, 1.54) is 6.07 Å². The Labute approximate surface area is 112 Å². The highest BCUT2D eigenvalue weighted by Crippen LogP contribution is 2.32. The zero-order chi connectivity index (χ0) is 13.0. The van der Waals surface area contributed by atoms with Gasteiger partial charge in [-0.2, -0.15) is 0 Å². The van der Waals surface area contributed by atoms with Crippen LogP contribution >= 0.6 is 11.8 Å². The van der Waals surface area contributed by atoms with E-state index in [9.17, 15) is 4.39 Å². The van der Waals surface area contributed by atoms with E-state index >= 15 is 0 Å². The third kappa shape index (κ3) is 3.25. The summed E-state index contributed by atoms with van der Waals surface area (Å²) in [4.78, 5) is 0.759. The summed E-state index contributed by atoms with van der Waals surface area (Å²) in [7, 11) is 1.89. The Morgan fingerprint density at radius 1 is 1.56 bits per heavy atom. The van der Waals surface area contributed by atoms with Crippen LogP contribution in [0.25, 0.3) is 0 Å². The summed E-state index contributed by atoms with van der Waals surface area (Å²) in [5, 5.41) is 3.17. The second-order valence-electron chi connectivity index (χ2n) is 4.61. The van der Waals surface area contributed by atoms with E-state index < -0.39 is 0 Å². The Morgan fingerprint density at radius 2 is 2.39 bits per heavy atom. The van der Waals surface area contributed by atoms with Gasteiger partial charge in [-0.1, -0.05) is 12.1 Å². The lowest BCUT2D eigenvalue weighted by atomic mass is 10.1. The average molecular weight is 269 g/mol. The third-order valence-electron chi connectivity index (χ3n) is 3.33. The molecule has 2 rings (SSSR count). The molecule has 1 heterocycles. The maximum absolute atomic E-state index is 13.9. The van der Waals surface area contributed by atoms with E-state index in [2.05, 4.69) is 5.32 Å². The predicted octanol–water partition coefficient (Wildman–Crippen LogP) is 3.38. The topological polar surface area (TPSA) is 21.3 Å². The highest BCUT2D eigenvalue weighted by Gasteiger charge is 2.19. The van der Waals surface area contributed by atoms with Gasteiger partial charge in [0.05, 0.1) is 6.10 Å². The van der Waals surface area contributed by atoms with Crippen molar-refractivity contribution in [2.45, 2.75) is 36.8 Å². The van der Waals surface area contributed by atoms with Gasteiger partial charge in [0, 0.05) is 23.3 Å². The molecule has 1 aromatic carbocycles. The van der Waals surface area contributed by atoms with Crippen LogP contribution in [0.4, 0.5) is 4.39 Å². The Kier molecular flexibility index (Phi) is 5.03. The van der Waals surface area contributed by atoms with Gasteiger partial charge < -0.3 is 10.1 Å². The van der Waals surface area contributed by atoms with E-state index in [4.69, 9.17) is 4.74 Å². The van der Waals surface area contributed by atoms with Crippen LogP contribution in [0.1, 0.15) is 31.4 Å². The van der Waals surface area contributed by atoms with Gasteiger partial charge in [-0.25, -0.2) is 4.39 Å². The third-order valence-corrected chi connectivity index (χ3v) is 4.59. The lowest BCUT2D eigenvalue weighted by molar-refractivity contribution is 0.129. The summed E-state index contributed by atoms with van der Waals surface area (Å²) < 4.78 is 19.5.